The predicted molar refractivity (Wildman–Crippen MR) is 110 cm³/mol. The van der Waals surface area contributed by atoms with Gasteiger partial charge in [0.1, 0.15) is 0 Å². The largest absolute Gasteiger partial charge is 0.324 e. The maximum Gasteiger partial charge on any atom is 0.257 e. The van der Waals surface area contributed by atoms with Gasteiger partial charge >= 0.3 is 0 Å². The van der Waals surface area contributed by atoms with Gasteiger partial charge in [0.2, 0.25) is 5.91 Å². The van der Waals surface area contributed by atoms with Crippen molar-refractivity contribution in [2.75, 3.05) is 29.5 Å². The average molecular weight is 403 g/mol. The number of hydrogen-bond donors (Lipinski definition) is 2. The highest BCUT2D eigenvalue weighted by atomic mass is 32.2. The molecule has 6 nitrogen and oxygen atoms in total. The lowest BCUT2D eigenvalue weighted by atomic mass is 9.99. The zero-order valence-electron chi connectivity index (χ0n) is 15.2. The van der Waals surface area contributed by atoms with Gasteiger partial charge in [0, 0.05) is 22.4 Å². The molecule has 1 saturated heterocycles. The molecular weight excluding hydrogens is 380 g/mol. The molecule has 0 unspecified atom stereocenters. The molecule has 3 heterocycles. The molecule has 2 N–H and O–H groups in total. The summed E-state index contributed by atoms with van der Waals surface area (Å²) in [6, 6.07) is 5.37. The molecule has 0 atom stereocenters. The van der Waals surface area contributed by atoms with Gasteiger partial charge in [-0.15, -0.1) is 23.1 Å². The molecule has 0 spiro atoms. The highest BCUT2D eigenvalue weighted by molar-refractivity contribution is 8.00. The van der Waals surface area contributed by atoms with Crippen molar-refractivity contribution >= 4 is 45.7 Å². The number of amides is 2. The first-order chi connectivity index (χ1) is 13.1. The Bertz CT molecular complexity index is 859. The summed E-state index contributed by atoms with van der Waals surface area (Å²) >= 11 is 2.93. The Morgan fingerprint density at radius 3 is 3.00 bits per heavy atom. The van der Waals surface area contributed by atoms with Crippen molar-refractivity contribution < 1.29 is 9.59 Å². The molecular formula is C19H22N4O2S2. The topological polar surface area (TPSA) is 74.3 Å². The van der Waals surface area contributed by atoms with Gasteiger partial charge in [0.05, 0.1) is 17.1 Å². The molecule has 2 amide bonds. The van der Waals surface area contributed by atoms with Gasteiger partial charge in [-0.1, -0.05) is 6.92 Å². The van der Waals surface area contributed by atoms with Crippen LogP contribution in [0.1, 0.15) is 35.8 Å². The number of hydrogen-bond acceptors (Lipinski definition) is 6. The van der Waals surface area contributed by atoms with Gasteiger partial charge in [-0.25, -0.2) is 4.98 Å². The van der Waals surface area contributed by atoms with Crippen molar-refractivity contribution in [1.29, 1.82) is 0 Å². The van der Waals surface area contributed by atoms with Crippen LogP contribution in [0.4, 0.5) is 10.8 Å². The number of benzene rings is 1. The van der Waals surface area contributed by atoms with Crippen LogP contribution in [0.5, 0.6) is 0 Å². The van der Waals surface area contributed by atoms with E-state index >= 15 is 0 Å². The molecule has 1 aromatic heterocycles. The highest BCUT2D eigenvalue weighted by Gasteiger charge is 2.19. The molecule has 1 aromatic carbocycles. The van der Waals surface area contributed by atoms with E-state index < -0.39 is 0 Å². The van der Waals surface area contributed by atoms with Crippen molar-refractivity contribution in [3.8, 4) is 0 Å². The molecule has 27 heavy (non-hydrogen) atoms. The number of piperidine rings is 1. The van der Waals surface area contributed by atoms with Gasteiger partial charge < -0.3 is 5.32 Å². The number of nitrogens with zero attached hydrogens (tertiary/aromatic N) is 2. The SMILES string of the molecule is CC1CCN(Cc2csc(NC(=O)c3ccc4c(c3)NC(=O)CS4)n2)CC1. The summed E-state index contributed by atoms with van der Waals surface area (Å²) in [7, 11) is 0. The summed E-state index contributed by atoms with van der Waals surface area (Å²) in [5.41, 5.74) is 2.21. The van der Waals surface area contributed by atoms with E-state index in [4.69, 9.17) is 0 Å². The second kappa shape index (κ2) is 8.00. The number of nitrogens with one attached hydrogen (secondary N) is 2. The van der Waals surface area contributed by atoms with Crippen LogP contribution in [0, 0.1) is 5.92 Å². The molecule has 1 fully saturated rings. The fourth-order valence-corrected chi connectivity index (χ4v) is 4.76. The number of carbonyl (C=O) groups is 2. The van der Waals surface area contributed by atoms with E-state index in [2.05, 4.69) is 27.4 Å². The molecule has 142 valence electrons. The number of likely N-dealkylation sites (tertiary alicyclic amines) is 1. The first kappa shape index (κ1) is 18.5. The number of rotatable bonds is 4. The monoisotopic (exact) mass is 402 g/mol. The van der Waals surface area contributed by atoms with Crippen LogP contribution in [-0.4, -0.2) is 40.5 Å². The first-order valence-electron chi connectivity index (χ1n) is 9.11. The van der Waals surface area contributed by atoms with Crippen molar-refractivity contribution in [1.82, 2.24) is 9.88 Å². The Morgan fingerprint density at radius 2 is 2.19 bits per heavy atom. The molecule has 0 bridgehead atoms. The highest BCUT2D eigenvalue weighted by Crippen LogP contribution is 2.32. The molecule has 2 aliphatic heterocycles. The molecule has 0 saturated carbocycles. The number of aromatic nitrogens is 1. The van der Waals surface area contributed by atoms with Crippen molar-refractivity contribution in [2.45, 2.75) is 31.2 Å². The Balaban J connectivity index is 1.38. The van der Waals surface area contributed by atoms with E-state index in [9.17, 15) is 9.59 Å². The van der Waals surface area contributed by atoms with Crippen molar-refractivity contribution in [3.63, 3.8) is 0 Å². The second-order valence-electron chi connectivity index (χ2n) is 7.10. The maximum absolute atomic E-state index is 12.5. The lowest BCUT2D eigenvalue weighted by Gasteiger charge is -2.29. The van der Waals surface area contributed by atoms with E-state index in [1.807, 2.05) is 11.4 Å². The zero-order valence-corrected chi connectivity index (χ0v) is 16.8. The predicted octanol–water partition coefficient (Wildman–Crippen LogP) is 3.67. The number of fused-ring (bicyclic) bond motifs is 1. The Kier molecular flexibility index (Phi) is 5.47. The van der Waals surface area contributed by atoms with E-state index in [0.29, 0.717) is 22.1 Å². The van der Waals surface area contributed by atoms with Gasteiger partial charge in [-0.05, 0) is 50.0 Å². The van der Waals surface area contributed by atoms with E-state index in [0.717, 1.165) is 36.1 Å². The molecule has 2 aliphatic rings. The van der Waals surface area contributed by atoms with E-state index in [1.165, 1.54) is 35.9 Å². The fraction of sp³-hybridized carbons (Fsp3) is 0.421. The minimum absolute atomic E-state index is 0.0401. The first-order valence-corrected chi connectivity index (χ1v) is 11.0. The smallest absolute Gasteiger partial charge is 0.257 e. The minimum Gasteiger partial charge on any atom is -0.324 e. The zero-order chi connectivity index (χ0) is 18.8. The van der Waals surface area contributed by atoms with Crippen LogP contribution in [-0.2, 0) is 11.3 Å². The summed E-state index contributed by atoms with van der Waals surface area (Å²) < 4.78 is 0. The number of carbonyl (C=O) groups excluding carboxylic acids is 2. The average Bonchev–Trinajstić information content (AvgIpc) is 3.09. The van der Waals surface area contributed by atoms with Crippen molar-refractivity contribution in [3.05, 3.63) is 34.8 Å². The second-order valence-corrected chi connectivity index (χ2v) is 8.98. The van der Waals surface area contributed by atoms with Gasteiger partial charge in [-0.3, -0.25) is 19.8 Å². The van der Waals surface area contributed by atoms with Crippen LogP contribution in [0.25, 0.3) is 0 Å². The molecule has 0 aliphatic carbocycles. The minimum atomic E-state index is -0.213. The number of thiazole rings is 1. The Morgan fingerprint density at radius 1 is 1.37 bits per heavy atom. The summed E-state index contributed by atoms with van der Waals surface area (Å²) in [5.74, 6) is 0.972. The van der Waals surface area contributed by atoms with Crippen LogP contribution < -0.4 is 10.6 Å². The standard InChI is InChI=1S/C19H22N4O2S2/c1-12-4-6-23(7-5-12)9-14-10-27-19(20-14)22-18(25)13-2-3-16-15(8-13)21-17(24)11-26-16/h2-3,8,10,12H,4-7,9,11H2,1H3,(H,21,24)(H,20,22,25). The number of anilines is 2. The lowest BCUT2D eigenvalue weighted by Crippen LogP contribution is -2.32. The van der Waals surface area contributed by atoms with E-state index in [1.54, 1.807) is 12.1 Å². The third-order valence-corrected chi connectivity index (χ3v) is 6.79. The van der Waals surface area contributed by atoms with E-state index in [-0.39, 0.29) is 11.8 Å². The summed E-state index contributed by atoms with van der Waals surface area (Å²) in [5, 5.41) is 8.30. The van der Waals surface area contributed by atoms with Gasteiger partial charge in [0.15, 0.2) is 5.13 Å². The molecule has 8 heteroatoms. The van der Waals surface area contributed by atoms with Gasteiger partial charge in [0.25, 0.3) is 5.91 Å². The molecule has 0 radical (unpaired) electrons. The maximum atomic E-state index is 12.5. The summed E-state index contributed by atoms with van der Waals surface area (Å²) in [6.07, 6.45) is 2.47. The van der Waals surface area contributed by atoms with Crippen molar-refractivity contribution in [2.24, 2.45) is 5.92 Å². The number of thioether (sulfide) groups is 1. The lowest BCUT2D eigenvalue weighted by molar-refractivity contribution is -0.113. The molecule has 4 rings (SSSR count). The van der Waals surface area contributed by atoms with Crippen LogP contribution in [0.3, 0.4) is 0 Å². The van der Waals surface area contributed by atoms with Crippen LogP contribution in [0.15, 0.2) is 28.5 Å². The van der Waals surface area contributed by atoms with Crippen LogP contribution >= 0.6 is 23.1 Å². The fourth-order valence-electron chi connectivity index (χ4n) is 3.28. The van der Waals surface area contributed by atoms with Gasteiger partial charge in [-0.2, -0.15) is 0 Å². The Labute approximate surface area is 166 Å². The summed E-state index contributed by atoms with van der Waals surface area (Å²) in [4.78, 5) is 32.0. The Hall–Kier alpha value is -1.90. The quantitative estimate of drug-likeness (QED) is 0.816. The summed E-state index contributed by atoms with van der Waals surface area (Å²) in [6.45, 7) is 5.36. The third-order valence-electron chi connectivity index (χ3n) is 4.91. The van der Waals surface area contributed by atoms with Crippen LogP contribution in [0.2, 0.25) is 0 Å². The molecule has 2 aromatic rings. The normalized spacial score (nSPS) is 18.0. The third kappa shape index (κ3) is 4.51.